The van der Waals surface area contributed by atoms with Crippen LogP contribution in [0.1, 0.15) is 49.3 Å². The smallest absolute Gasteiger partial charge is 0.126 e. The molecule has 136 valence electrons. The lowest BCUT2D eigenvalue weighted by molar-refractivity contribution is 0.403. The van der Waals surface area contributed by atoms with Crippen molar-refractivity contribution in [2.75, 3.05) is 0 Å². The van der Waals surface area contributed by atoms with Gasteiger partial charge in [-0.3, -0.25) is 0 Å². The highest BCUT2D eigenvalue weighted by atomic mass is 16.3. The summed E-state index contributed by atoms with van der Waals surface area (Å²) in [7, 11) is 0. The largest absolute Gasteiger partial charge is 0.508 e. The molecule has 2 nitrogen and oxygen atoms in total. The van der Waals surface area contributed by atoms with E-state index in [1.54, 1.807) is 6.07 Å². The number of phenolic OH excluding ortho intramolecular Hbond substituents is 2. The molecule has 0 bridgehead atoms. The number of aromatic hydroxyl groups is 2. The van der Waals surface area contributed by atoms with E-state index in [4.69, 9.17) is 0 Å². The summed E-state index contributed by atoms with van der Waals surface area (Å²) >= 11 is 0. The van der Waals surface area contributed by atoms with Gasteiger partial charge in [-0.1, -0.05) is 60.2 Å². The number of hydrogen-bond donors (Lipinski definition) is 2. The molecule has 0 heterocycles. The molecule has 3 rings (SSSR count). The lowest BCUT2D eigenvalue weighted by Crippen LogP contribution is -2.17. The van der Waals surface area contributed by atoms with E-state index in [9.17, 15) is 10.2 Å². The fourth-order valence-corrected chi connectivity index (χ4v) is 4.00. The monoisotopic (exact) mass is 348 g/mol. The minimum absolute atomic E-state index is 0.0158. The van der Waals surface area contributed by atoms with Crippen LogP contribution in [0.2, 0.25) is 0 Å². The Morgan fingerprint density at radius 1 is 1.08 bits per heavy atom. The molecular formula is C24H28O2. The number of aryl methyl sites for hydroxylation is 2. The van der Waals surface area contributed by atoms with Crippen LogP contribution >= 0.6 is 0 Å². The van der Waals surface area contributed by atoms with Crippen LogP contribution in [-0.4, -0.2) is 10.2 Å². The maximum absolute atomic E-state index is 11.0. The summed E-state index contributed by atoms with van der Waals surface area (Å²) in [5.74, 6) is 0.647. The van der Waals surface area contributed by atoms with Gasteiger partial charge in [-0.25, -0.2) is 0 Å². The molecule has 0 aromatic heterocycles. The summed E-state index contributed by atoms with van der Waals surface area (Å²) in [5.41, 5.74) is 5.20. The Labute approximate surface area is 156 Å². The molecule has 0 fully saturated rings. The quantitative estimate of drug-likeness (QED) is 0.661. The molecule has 0 saturated carbocycles. The Hall–Kier alpha value is -2.48. The lowest BCUT2D eigenvalue weighted by Gasteiger charge is -2.31. The lowest BCUT2D eigenvalue weighted by atomic mass is 9.73. The molecule has 2 N–H and O–H groups in total. The average molecular weight is 348 g/mol. The minimum Gasteiger partial charge on any atom is -0.508 e. The normalized spacial score (nSPS) is 19.8. The average Bonchev–Trinajstić information content (AvgIpc) is 2.62. The number of benzene rings is 2. The number of allylic oxidation sites excluding steroid dienone is 3. The van der Waals surface area contributed by atoms with Gasteiger partial charge < -0.3 is 10.2 Å². The second-order valence-corrected chi connectivity index (χ2v) is 7.52. The van der Waals surface area contributed by atoms with E-state index in [0.29, 0.717) is 5.56 Å². The first-order chi connectivity index (χ1) is 12.5. The standard InChI is InChI=1S/C24H28O2/c1-16(2)20-13-9-17(3)15-21(20)23-22(25)14-12-19(24(23)26)11-10-18-7-5-4-6-8-18/h4-8,12,14-15,20-21,25-26H,1,9-11,13H2,2-3H3/t20-,21+/m0/s1. The van der Waals surface area contributed by atoms with Gasteiger partial charge in [-0.05, 0) is 62.6 Å². The van der Waals surface area contributed by atoms with Crippen molar-refractivity contribution in [2.45, 2.75) is 45.4 Å². The van der Waals surface area contributed by atoms with Gasteiger partial charge in [0.15, 0.2) is 0 Å². The van der Waals surface area contributed by atoms with E-state index in [1.807, 2.05) is 31.2 Å². The molecule has 2 heteroatoms. The number of phenols is 2. The Balaban J connectivity index is 1.94. The van der Waals surface area contributed by atoms with Gasteiger partial charge in [0, 0.05) is 11.5 Å². The summed E-state index contributed by atoms with van der Waals surface area (Å²) in [5, 5.41) is 21.5. The van der Waals surface area contributed by atoms with Crippen molar-refractivity contribution in [2.24, 2.45) is 5.92 Å². The Kier molecular flexibility index (Phi) is 5.51. The summed E-state index contributed by atoms with van der Waals surface area (Å²) in [4.78, 5) is 0. The van der Waals surface area contributed by atoms with Crippen molar-refractivity contribution in [3.05, 3.63) is 83.0 Å². The summed E-state index contributed by atoms with van der Waals surface area (Å²) < 4.78 is 0. The summed E-state index contributed by atoms with van der Waals surface area (Å²) in [6.07, 6.45) is 5.86. The van der Waals surface area contributed by atoms with Gasteiger partial charge in [0.25, 0.3) is 0 Å². The van der Waals surface area contributed by atoms with Crippen LogP contribution in [-0.2, 0) is 12.8 Å². The van der Waals surface area contributed by atoms with Gasteiger partial charge in [-0.2, -0.15) is 0 Å². The molecule has 0 spiro atoms. The molecule has 2 aromatic carbocycles. The van der Waals surface area contributed by atoms with E-state index < -0.39 is 0 Å². The molecule has 0 aliphatic heterocycles. The van der Waals surface area contributed by atoms with Crippen molar-refractivity contribution in [3.63, 3.8) is 0 Å². The molecular weight excluding hydrogens is 320 g/mol. The van der Waals surface area contributed by atoms with Crippen molar-refractivity contribution >= 4 is 0 Å². The zero-order chi connectivity index (χ0) is 18.7. The first-order valence-corrected chi connectivity index (χ1v) is 9.37. The van der Waals surface area contributed by atoms with Gasteiger partial charge in [0.05, 0.1) is 0 Å². The van der Waals surface area contributed by atoms with E-state index in [-0.39, 0.29) is 23.3 Å². The van der Waals surface area contributed by atoms with Crippen LogP contribution in [0.15, 0.2) is 66.3 Å². The highest BCUT2D eigenvalue weighted by Gasteiger charge is 2.30. The maximum atomic E-state index is 11.0. The fourth-order valence-electron chi connectivity index (χ4n) is 4.00. The van der Waals surface area contributed by atoms with E-state index in [2.05, 4.69) is 31.7 Å². The summed E-state index contributed by atoms with van der Waals surface area (Å²) in [6.45, 7) is 8.31. The molecule has 1 aliphatic carbocycles. The molecule has 2 aromatic rings. The second kappa shape index (κ2) is 7.82. The van der Waals surface area contributed by atoms with Crippen LogP contribution in [0.3, 0.4) is 0 Å². The zero-order valence-electron chi connectivity index (χ0n) is 15.7. The minimum atomic E-state index is -0.0158. The van der Waals surface area contributed by atoms with Crippen molar-refractivity contribution in [3.8, 4) is 11.5 Å². The van der Waals surface area contributed by atoms with Crippen LogP contribution in [0, 0.1) is 5.92 Å². The van der Waals surface area contributed by atoms with Crippen molar-refractivity contribution in [1.29, 1.82) is 0 Å². The second-order valence-electron chi connectivity index (χ2n) is 7.52. The van der Waals surface area contributed by atoms with E-state index >= 15 is 0 Å². The van der Waals surface area contributed by atoms with E-state index in [0.717, 1.165) is 36.8 Å². The van der Waals surface area contributed by atoms with Crippen molar-refractivity contribution in [1.82, 2.24) is 0 Å². The first kappa shape index (κ1) is 18.3. The predicted molar refractivity (Wildman–Crippen MR) is 108 cm³/mol. The first-order valence-electron chi connectivity index (χ1n) is 9.37. The molecule has 0 amide bonds. The molecule has 0 saturated heterocycles. The van der Waals surface area contributed by atoms with Crippen LogP contribution in [0.25, 0.3) is 0 Å². The number of rotatable bonds is 5. The van der Waals surface area contributed by atoms with Gasteiger partial charge in [0.2, 0.25) is 0 Å². The molecule has 0 unspecified atom stereocenters. The Bertz CT molecular complexity index is 818. The van der Waals surface area contributed by atoms with Gasteiger partial charge >= 0.3 is 0 Å². The van der Waals surface area contributed by atoms with Gasteiger partial charge in [-0.15, -0.1) is 0 Å². The SMILES string of the molecule is C=C(C)[C@@H]1CCC(C)=C[C@H]1c1c(O)ccc(CCc2ccccc2)c1O. The molecule has 2 atom stereocenters. The third-order valence-electron chi connectivity index (χ3n) is 5.52. The third kappa shape index (κ3) is 3.85. The number of hydrogen-bond acceptors (Lipinski definition) is 2. The Morgan fingerprint density at radius 3 is 2.50 bits per heavy atom. The molecule has 1 aliphatic rings. The highest BCUT2D eigenvalue weighted by Crippen LogP contribution is 2.47. The fraction of sp³-hybridized carbons (Fsp3) is 0.333. The maximum Gasteiger partial charge on any atom is 0.126 e. The van der Waals surface area contributed by atoms with Crippen LogP contribution < -0.4 is 0 Å². The van der Waals surface area contributed by atoms with Crippen LogP contribution in [0.5, 0.6) is 11.5 Å². The zero-order valence-corrected chi connectivity index (χ0v) is 15.7. The topological polar surface area (TPSA) is 40.5 Å². The summed E-state index contributed by atoms with van der Waals surface area (Å²) in [6, 6.07) is 13.8. The van der Waals surface area contributed by atoms with Gasteiger partial charge in [0.1, 0.15) is 11.5 Å². The third-order valence-corrected chi connectivity index (χ3v) is 5.52. The Morgan fingerprint density at radius 2 is 1.81 bits per heavy atom. The van der Waals surface area contributed by atoms with Crippen molar-refractivity contribution < 1.29 is 10.2 Å². The predicted octanol–water partition coefficient (Wildman–Crippen LogP) is 5.90. The molecule has 26 heavy (non-hydrogen) atoms. The molecule has 0 radical (unpaired) electrons. The van der Waals surface area contributed by atoms with Crippen LogP contribution in [0.4, 0.5) is 0 Å². The van der Waals surface area contributed by atoms with E-state index in [1.165, 1.54) is 11.1 Å². The highest BCUT2D eigenvalue weighted by molar-refractivity contribution is 5.53.